The molecule has 0 saturated carbocycles. The van der Waals surface area contributed by atoms with Gasteiger partial charge in [0.05, 0.1) is 10.2 Å². The number of benzene rings is 1. The van der Waals surface area contributed by atoms with Gasteiger partial charge in [0.1, 0.15) is 11.0 Å². The van der Waals surface area contributed by atoms with Crippen molar-refractivity contribution in [1.29, 1.82) is 0 Å². The minimum atomic E-state index is 0.156. The molecule has 0 bridgehead atoms. The number of anilines is 1. The van der Waals surface area contributed by atoms with Crippen LogP contribution in [0.1, 0.15) is 18.0 Å². The second kappa shape index (κ2) is 3.85. The van der Waals surface area contributed by atoms with Crippen molar-refractivity contribution in [3.8, 4) is 0 Å². The van der Waals surface area contributed by atoms with Crippen molar-refractivity contribution < 1.29 is 0 Å². The van der Waals surface area contributed by atoms with Gasteiger partial charge in [0.25, 0.3) is 0 Å². The summed E-state index contributed by atoms with van der Waals surface area (Å²) in [5.41, 5.74) is 7.54. The molecule has 0 amide bonds. The van der Waals surface area contributed by atoms with Crippen molar-refractivity contribution in [1.82, 2.24) is 14.8 Å². The Balaban J connectivity index is 2.06. The largest absolute Gasteiger partial charge is 0.399 e. The van der Waals surface area contributed by atoms with E-state index in [4.69, 9.17) is 5.73 Å². The van der Waals surface area contributed by atoms with E-state index in [0.29, 0.717) is 0 Å². The number of nitrogens with two attached hydrogens (primary N) is 1. The fraction of sp³-hybridized carbons (Fsp3) is 0.167. The molecule has 5 heteroatoms. The van der Waals surface area contributed by atoms with Gasteiger partial charge in [0.15, 0.2) is 0 Å². The maximum absolute atomic E-state index is 5.77. The Hall–Kier alpha value is -1.88. The summed E-state index contributed by atoms with van der Waals surface area (Å²) in [7, 11) is 0. The number of thiazole rings is 1. The average Bonchev–Trinajstić information content (AvgIpc) is 2.96. The Morgan fingerprint density at radius 2 is 2.29 bits per heavy atom. The molecular formula is C12H12N4S. The second-order valence-electron chi connectivity index (χ2n) is 3.94. The lowest BCUT2D eigenvalue weighted by Crippen LogP contribution is -2.06. The molecule has 1 atom stereocenters. The molecule has 2 N–H and O–H groups in total. The van der Waals surface area contributed by atoms with Crippen LogP contribution in [0.2, 0.25) is 0 Å². The summed E-state index contributed by atoms with van der Waals surface area (Å²) in [6, 6.07) is 7.88. The molecular weight excluding hydrogens is 232 g/mol. The highest BCUT2D eigenvalue weighted by Crippen LogP contribution is 2.29. The van der Waals surface area contributed by atoms with Crippen molar-refractivity contribution in [2.45, 2.75) is 13.0 Å². The van der Waals surface area contributed by atoms with Crippen LogP contribution in [-0.2, 0) is 0 Å². The van der Waals surface area contributed by atoms with Gasteiger partial charge in [-0.15, -0.1) is 11.3 Å². The first-order valence-corrected chi connectivity index (χ1v) is 6.21. The SMILES string of the molecule is CC(c1nc2ccc(N)cc2s1)n1cccn1. The van der Waals surface area contributed by atoms with Gasteiger partial charge in [-0.3, -0.25) is 4.68 Å². The van der Waals surface area contributed by atoms with Gasteiger partial charge in [0, 0.05) is 18.1 Å². The predicted octanol–water partition coefficient (Wildman–Crippen LogP) is 2.68. The Bertz CT molecular complexity index is 642. The third kappa shape index (κ3) is 1.78. The van der Waals surface area contributed by atoms with E-state index in [9.17, 15) is 0 Å². The van der Waals surface area contributed by atoms with Crippen LogP contribution in [-0.4, -0.2) is 14.8 Å². The number of rotatable bonds is 2. The highest BCUT2D eigenvalue weighted by Gasteiger charge is 2.13. The van der Waals surface area contributed by atoms with Gasteiger partial charge in [0.2, 0.25) is 0 Å². The Labute approximate surface area is 103 Å². The van der Waals surface area contributed by atoms with Crippen molar-refractivity contribution >= 4 is 27.2 Å². The molecule has 1 unspecified atom stereocenters. The quantitative estimate of drug-likeness (QED) is 0.705. The van der Waals surface area contributed by atoms with Crippen molar-refractivity contribution in [2.24, 2.45) is 0 Å². The third-order valence-corrected chi connectivity index (χ3v) is 3.90. The lowest BCUT2D eigenvalue weighted by atomic mass is 10.3. The molecule has 17 heavy (non-hydrogen) atoms. The van der Waals surface area contributed by atoms with Crippen molar-refractivity contribution in [3.63, 3.8) is 0 Å². The minimum absolute atomic E-state index is 0.156. The van der Waals surface area contributed by atoms with E-state index >= 15 is 0 Å². The van der Waals surface area contributed by atoms with Gasteiger partial charge in [-0.1, -0.05) is 0 Å². The number of fused-ring (bicyclic) bond motifs is 1. The zero-order valence-corrected chi connectivity index (χ0v) is 10.2. The summed E-state index contributed by atoms with van der Waals surface area (Å²) in [6.07, 6.45) is 3.73. The molecule has 1 aromatic carbocycles. The molecule has 0 radical (unpaired) electrons. The maximum Gasteiger partial charge on any atom is 0.118 e. The fourth-order valence-electron chi connectivity index (χ4n) is 1.76. The van der Waals surface area contributed by atoms with Crippen LogP contribution in [0.25, 0.3) is 10.2 Å². The third-order valence-electron chi connectivity index (χ3n) is 2.71. The van der Waals surface area contributed by atoms with Gasteiger partial charge in [-0.25, -0.2) is 4.98 Å². The van der Waals surface area contributed by atoms with Crippen LogP contribution in [0, 0.1) is 0 Å². The summed E-state index contributed by atoms with van der Waals surface area (Å²) in [5.74, 6) is 0. The van der Waals surface area contributed by atoms with E-state index in [1.165, 1.54) is 0 Å². The number of nitrogens with zero attached hydrogens (tertiary/aromatic N) is 3. The molecule has 86 valence electrons. The van der Waals surface area contributed by atoms with Crippen LogP contribution in [0.3, 0.4) is 0 Å². The Kier molecular flexibility index (Phi) is 2.33. The summed E-state index contributed by atoms with van der Waals surface area (Å²) in [6.45, 7) is 2.09. The van der Waals surface area contributed by atoms with E-state index < -0.39 is 0 Å². The number of hydrogen-bond acceptors (Lipinski definition) is 4. The van der Waals surface area contributed by atoms with Crippen molar-refractivity contribution in [2.75, 3.05) is 5.73 Å². The molecule has 0 fully saturated rings. The number of nitrogen functional groups attached to an aromatic ring is 1. The molecule has 0 aliphatic heterocycles. The molecule has 0 spiro atoms. The van der Waals surface area contributed by atoms with E-state index in [2.05, 4.69) is 17.0 Å². The number of hydrogen-bond donors (Lipinski definition) is 1. The van der Waals surface area contributed by atoms with Gasteiger partial charge < -0.3 is 5.73 Å². The maximum atomic E-state index is 5.77. The molecule has 3 aromatic rings. The molecule has 3 rings (SSSR count). The summed E-state index contributed by atoms with van der Waals surface area (Å²) >= 11 is 1.67. The standard InChI is InChI=1S/C12H12N4S/c1-8(16-6-2-5-14-16)12-15-10-4-3-9(13)7-11(10)17-12/h2-8H,13H2,1H3. The summed E-state index contributed by atoms with van der Waals surface area (Å²) < 4.78 is 3.03. The fourth-order valence-corrected chi connectivity index (χ4v) is 2.82. The highest BCUT2D eigenvalue weighted by molar-refractivity contribution is 7.18. The van der Waals surface area contributed by atoms with Gasteiger partial charge >= 0.3 is 0 Å². The summed E-state index contributed by atoms with van der Waals surface area (Å²) in [5, 5.41) is 5.29. The molecule has 0 saturated heterocycles. The summed E-state index contributed by atoms with van der Waals surface area (Å²) in [4.78, 5) is 4.61. The van der Waals surface area contributed by atoms with E-state index in [1.54, 1.807) is 17.5 Å². The van der Waals surface area contributed by atoms with Crippen molar-refractivity contribution in [3.05, 3.63) is 41.7 Å². The first kappa shape index (κ1) is 10.3. The minimum Gasteiger partial charge on any atom is -0.399 e. The Morgan fingerprint density at radius 1 is 1.41 bits per heavy atom. The molecule has 2 aromatic heterocycles. The number of aromatic nitrogens is 3. The van der Waals surface area contributed by atoms with E-state index in [1.807, 2.05) is 35.1 Å². The topological polar surface area (TPSA) is 56.7 Å². The van der Waals surface area contributed by atoms with E-state index in [0.717, 1.165) is 20.9 Å². The predicted molar refractivity (Wildman–Crippen MR) is 70.1 cm³/mol. The van der Waals surface area contributed by atoms with Gasteiger partial charge in [-0.2, -0.15) is 5.10 Å². The highest BCUT2D eigenvalue weighted by atomic mass is 32.1. The molecule has 0 aliphatic carbocycles. The van der Waals surface area contributed by atoms with Gasteiger partial charge in [-0.05, 0) is 31.2 Å². The second-order valence-corrected chi connectivity index (χ2v) is 5.00. The van der Waals surface area contributed by atoms with Crippen LogP contribution in [0.15, 0.2) is 36.7 Å². The lowest BCUT2D eigenvalue weighted by molar-refractivity contribution is 0.562. The normalized spacial score (nSPS) is 13.0. The first-order chi connectivity index (χ1) is 8.24. The monoisotopic (exact) mass is 244 g/mol. The van der Waals surface area contributed by atoms with Crippen LogP contribution in [0.4, 0.5) is 5.69 Å². The zero-order valence-electron chi connectivity index (χ0n) is 9.37. The zero-order chi connectivity index (χ0) is 11.8. The van der Waals surface area contributed by atoms with E-state index in [-0.39, 0.29) is 6.04 Å². The van der Waals surface area contributed by atoms with Crippen LogP contribution < -0.4 is 5.73 Å². The Morgan fingerprint density at radius 3 is 3.06 bits per heavy atom. The lowest BCUT2D eigenvalue weighted by Gasteiger charge is -2.07. The molecule has 2 heterocycles. The average molecular weight is 244 g/mol. The molecule has 4 nitrogen and oxygen atoms in total. The van der Waals surface area contributed by atoms with Crippen LogP contribution in [0.5, 0.6) is 0 Å². The molecule has 0 aliphatic rings. The van der Waals surface area contributed by atoms with Crippen LogP contribution >= 0.6 is 11.3 Å². The first-order valence-electron chi connectivity index (χ1n) is 5.39. The smallest absolute Gasteiger partial charge is 0.118 e.